The van der Waals surface area contributed by atoms with Crippen LogP contribution >= 0.6 is 23.2 Å². The molecule has 0 fully saturated rings. The van der Waals surface area contributed by atoms with E-state index in [1.54, 1.807) is 0 Å². The van der Waals surface area contributed by atoms with Gasteiger partial charge < -0.3 is 5.11 Å². The van der Waals surface area contributed by atoms with Crippen molar-refractivity contribution in [3.05, 3.63) is 27.7 Å². The molecule has 0 bridgehead atoms. The summed E-state index contributed by atoms with van der Waals surface area (Å²) in [6.45, 7) is -0.299. The molecule has 0 heterocycles. The Morgan fingerprint density at radius 2 is 1.78 bits per heavy atom. The number of rotatable bonds is 2. The Morgan fingerprint density at radius 3 is 2.17 bits per heavy atom. The van der Waals surface area contributed by atoms with E-state index in [1.165, 1.54) is 26.2 Å². The molecular formula is C11H11Cl2NO3S. The second kappa shape index (κ2) is 5.91. The van der Waals surface area contributed by atoms with Crippen LogP contribution in [0.1, 0.15) is 5.56 Å². The molecule has 4 nitrogen and oxygen atoms in total. The van der Waals surface area contributed by atoms with Crippen LogP contribution < -0.4 is 0 Å². The van der Waals surface area contributed by atoms with Crippen molar-refractivity contribution in [2.24, 2.45) is 0 Å². The van der Waals surface area contributed by atoms with Gasteiger partial charge in [-0.15, -0.1) is 0 Å². The zero-order chi connectivity index (χ0) is 13.9. The topological polar surface area (TPSA) is 57.6 Å². The summed E-state index contributed by atoms with van der Waals surface area (Å²) in [7, 11) is -0.923. The fourth-order valence-electron chi connectivity index (χ4n) is 1.20. The Balaban J connectivity index is 3.43. The summed E-state index contributed by atoms with van der Waals surface area (Å²) in [4.78, 5) is -0.148. The van der Waals surface area contributed by atoms with Gasteiger partial charge in [0.15, 0.2) is 0 Å². The van der Waals surface area contributed by atoms with Gasteiger partial charge in [0.05, 0.1) is 10.0 Å². The highest BCUT2D eigenvalue weighted by Gasteiger charge is 2.24. The third-order valence-corrected chi connectivity index (χ3v) is 4.79. The summed E-state index contributed by atoms with van der Waals surface area (Å²) in [5, 5.41) is 8.58. The van der Waals surface area contributed by atoms with Gasteiger partial charge in [0.2, 0.25) is 10.0 Å². The van der Waals surface area contributed by atoms with E-state index in [-0.39, 0.29) is 21.5 Å². The number of nitrogens with zero attached hydrogens (tertiary/aromatic N) is 1. The highest BCUT2D eigenvalue weighted by molar-refractivity contribution is 7.89. The third-order valence-electron chi connectivity index (χ3n) is 2.05. The van der Waals surface area contributed by atoms with E-state index in [0.29, 0.717) is 5.56 Å². The maximum Gasteiger partial charge on any atom is 0.245 e. The lowest BCUT2D eigenvalue weighted by molar-refractivity contribution is 0.350. The Bertz CT molecular complexity index is 592. The van der Waals surface area contributed by atoms with Crippen molar-refractivity contribution in [2.75, 3.05) is 20.7 Å². The highest BCUT2D eigenvalue weighted by atomic mass is 35.5. The molecule has 0 aliphatic carbocycles. The van der Waals surface area contributed by atoms with Crippen LogP contribution in [-0.2, 0) is 10.0 Å². The lowest BCUT2D eigenvalue weighted by Gasteiger charge is -2.14. The van der Waals surface area contributed by atoms with Crippen molar-refractivity contribution < 1.29 is 13.5 Å². The average Bonchev–Trinajstić information content (AvgIpc) is 2.24. The van der Waals surface area contributed by atoms with Crippen LogP contribution in [-0.4, -0.2) is 38.5 Å². The van der Waals surface area contributed by atoms with Gasteiger partial charge in [-0.05, 0) is 12.1 Å². The van der Waals surface area contributed by atoms with Crippen molar-refractivity contribution >= 4 is 33.2 Å². The Labute approximate surface area is 116 Å². The van der Waals surface area contributed by atoms with Crippen LogP contribution in [0.5, 0.6) is 0 Å². The zero-order valence-electron chi connectivity index (χ0n) is 9.74. The normalized spacial score (nSPS) is 11.2. The van der Waals surface area contributed by atoms with Gasteiger partial charge in [-0.2, -0.15) is 0 Å². The molecule has 1 aromatic carbocycles. The molecule has 7 heteroatoms. The quantitative estimate of drug-likeness (QED) is 0.844. The average molecular weight is 308 g/mol. The predicted octanol–water partition coefficient (Wildman–Crippen LogP) is 1.59. The maximum atomic E-state index is 12.0. The van der Waals surface area contributed by atoms with Gasteiger partial charge in [-0.3, -0.25) is 0 Å². The molecule has 0 spiro atoms. The number of sulfonamides is 1. The van der Waals surface area contributed by atoms with E-state index < -0.39 is 10.0 Å². The Morgan fingerprint density at radius 1 is 1.28 bits per heavy atom. The fourth-order valence-corrected chi connectivity index (χ4v) is 3.25. The van der Waals surface area contributed by atoms with E-state index in [9.17, 15) is 8.42 Å². The van der Waals surface area contributed by atoms with Crippen LogP contribution in [0.15, 0.2) is 17.0 Å². The van der Waals surface area contributed by atoms with E-state index >= 15 is 0 Å². The smallest absolute Gasteiger partial charge is 0.245 e. The predicted molar refractivity (Wildman–Crippen MR) is 71.3 cm³/mol. The minimum absolute atomic E-state index is 0.00144. The molecule has 0 aliphatic rings. The lowest BCUT2D eigenvalue weighted by atomic mass is 10.2. The molecule has 0 amide bonds. The molecule has 0 saturated carbocycles. The molecule has 18 heavy (non-hydrogen) atoms. The first kappa shape index (κ1) is 15.3. The molecule has 1 N–H and O–H groups in total. The lowest BCUT2D eigenvalue weighted by Crippen LogP contribution is -2.23. The van der Waals surface area contributed by atoms with Crippen molar-refractivity contribution in [3.8, 4) is 11.8 Å². The highest BCUT2D eigenvalue weighted by Crippen LogP contribution is 2.32. The van der Waals surface area contributed by atoms with Crippen LogP contribution in [0.4, 0.5) is 0 Å². The van der Waals surface area contributed by atoms with Crippen molar-refractivity contribution in [2.45, 2.75) is 4.90 Å². The summed E-state index contributed by atoms with van der Waals surface area (Å²) in [5.41, 5.74) is 0.441. The third kappa shape index (κ3) is 3.16. The van der Waals surface area contributed by atoms with Gasteiger partial charge in [0, 0.05) is 19.7 Å². The first-order valence-electron chi connectivity index (χ1n) is 4.82. The van der Waals surface area contributed by atoms with E-state index in [1.807, 2.05) is 0 Å². The van der Waals surface area contributed by atoms with Crippen LogP contribution in [0.25, 0.3) is 0 Å². The number of benzene rings is 1. The standard InChI is InChI=1S/C11H11Cl2NO3S/c1-14(2)18(16,17)11-9(12)6-8(4-3-5-15)7-10(11)13/h6-7,15H,5H2,1-2H3. The molecule has 1 aromatic rings. The summed E-state index contributed by atoms with van der Waals surface area (Å²) in [6.07, 6.45) is 0. The monoisotopic (exact) mass is 307 g/mol. The number of halogens is 2. The van der Waals surface area contributed by atoms with E-state index in [0.717, 1.165) is 4.31 Å². The summed E-state index contributed by atoms with van der Waals surface area (Å²) in [5.74, 6) is 5.03. The van der Waals surface area contributed by atoms with Gasteiger partial charge in [0.1, 0.15) is 11.5 Å². The number of aliphatic hydroxyl groups is 1. The van der Waals surface area contributed by atoms with E-state index in [4.69, 9.17) is 28.3 Å². The summed E-state index contributed by atoms with van der Waals surface area (Å²) < 4.78 is 25.0. The summed E-state index contributed by atoms with van der Waals surface area (Å²) in [6, 6.07) is 2.79. The largest absolute Gasteiger partial charge is 0.384 e. The Hall–Kier alpha value is -0.770. The second-order valence-corrected chi connectivity index (χ2v) is 6.42. The maximum absolute atomic E-state index is 12.0. The fraction of sp³-hybridized carbons (Fsp3) is 0.273. The zero-order valence-corrected chi connectivity index (χ0v) is 12.1. The number of hydrogen-bond acceptors (Lipinski definition) is 3. The number of hydrogen-bond donors (Lipinski definition) is 1. The van der Waals surface area contributed by atoms with Crippen molar-refractivity contribution in [1.29, 1.82) is 0 Å². The van der Waals surface area contributed by atoms with Crippen LogP contribution in [0.2, 0.25) is 10.0 Å². The molecule has 98 valence electrons. The minimum Gasteiger partial charge on any atom is -0.384 e. The SMILES string of the molecule is CN(C)S(=O)(=O)c1c(Cl)cc(C#CCO)cc1Cl. The van der Waals surface area contributed by atoms with Gasteiger partial charge in [-0.25, -0.2) is 12.7 Å². The van der Waals surface area contributed by atoms with Gasteiger partial charge in [-0.1, -0.05) is 35.0 Å². The molecule has 0 unspecified atom stereocenters. The summed E-state index contributed by atoms with van der Waals surface area (Å²) >= 11 is 11.8. The molecule has 0 aliphatic heterocycles. The second-order valence-electron chi connectivity index (χ2n) is 3.52. The van der Waals surface area contributed by atoms with E-state index in [2.05, 4.69) is 11.8 Å². The molecule has 1 rings (SSSR count). The van der Waals surface area contributed by atoms with Gasteiger partial charge >= 0.3 is 0 Å². The molecule has 0 saturated heterocycles. The first-order valence-corrected chi connectivity index (χ1v) is 7.01. The van der Waals surface area contributed by atoms with Gasteiger partial charge in [0.25, 0.3) is 0 Å². The number of aliphatic hydroxyl groups excluding tert-OH is 1. The minimum atomic E-state index is -3.70. The molecule has 0 atom stereocenters. The first-order chi connectivity index (χ1) is 8.30. The van der Waals surface area contributed by atoms with Crippen LogP contribution in [0, 0.1) is 11.8 Å². The van der Waals surface area contributed by atoms with Crippen molar-refractivity contribution in [3.63, 3.8) is 0 Å². The molecule has 0 radical (unpaired) electrons. The molecular weight excluding hydrogens is 297 g/mol. The van der Waals surface area contributed by atoms with Crippen molar-refractivity contribution in [1.82, 2.24) is 4.31 Å². The Kier molecular flexibility index (Phi) is 5.02. The molecule has 0 aromatic heterocycles. The van der Waals surface area contributed by atoms with Crippen LogP contribution in [0.3, 0.4) is 0 Å².